The summed E-state index contributed by atoms with van der Waals surface area (Å²) >= 11 is 0. The molecular formula is C19H23N3O2. The fraction of sp³-hybridized carbons (Fsp3) is 0.421. The Morgan fingerprint density at radius 3 is 2.62 bits per heavy atom. The molecule has 126 valence electrons. The first kappa shape index (κ1) is 16.4. The molecule has 0 spiro atoms. The fourth-order valence-corrected chi connectivity index (χ4v) is 2.75. The van der Waals surface area contributed by atoms with E-state index in [0.717, 1.165) is 25.1 Å². The molecule has 0 saturated heterocycles. The zero-order valence-electron chi connectivity index (χ0n) is 14.0. The van der Waals surface area contributed by atoms with Crippen molar-refractivity contribution in [3.63, 3.8) is 0 Å². The first-order chi connectivity index (χ1) is 11.7. The summed E-state index contributed by atoms with van der Waals surface area (Å²) in [7, 11) is 0. The highest BCUT2D eigenvalue weighted by atomic mass is 16.2. The standard InChI is InChI=1S/C19H23N3O2/c1-2-12-21(13-16-8-9-16)19(24)17-10-11-18(23)22(20-17)14-15-6-4-3-5-7-15/h3-7,10-11,16H,2,8-9,12-14H2,1H3. The summed E-state index contributed by atoms with van der Waals surface area (Å²) in [5, 5.41) is 4.31. The predicted molar refractivity (Wildman–Crippen MR) is 93.0 cm³/mol. The SMILES string of the molecule is CCCN(CC1CC1)C(=O)c1ccc(=O)n(Cc2ccccc2)n1. The van der Waals surface area contributed by atoms with Crippen molar-refractivity contribution in [3.8, 4) is 0 Å². The zero-order valence-corrected chi connectivity index (χ0v) is 14.0. The highest BCUT2D eigenvalue weighted by Gasteiger charge is 2.27. The maximum absolute atomic E-state index is 12.8. The molecule has 1 saturated carbocycles. The van der Waals surface area contributed by atoms with Crippen LogP contribution in [-0.2, 0) is 6.54 Å². The van der Waals surface area contributed by atoms with E-state index in [2.05, 4.69) is 12.0 Å². The summed E-state index contributed by atoms with van der Waals surface area (Å²) < 4.78 is 1.36. The molecule has 0 aliphatic heterocycles. The van der Waals surface area contributed by atoms with Crippen LogP contribution in [0, 0.1) is 5.92 Å². The molecule has 2 aromatic rings. The van der Waals surface area contributed by atoms with Gasteiger partial charge in [-0.05, 0) is 36.8 Å². The van der Waals surface area contributed by atoms with Gasteiger partial charge in [0.2, 0.25) is 0 Å². The Morgan fingerprint density at radius 2 is 1.96 bits per heavy atom. The van der Waals surface area contributed by atoms with Crippen molar-refractivity contribution in [2.45, 2.75) is 32.7 Å². The summed E-state index contributed by atoms with van der Waals surface area (Å²) in [6, 6.07) is 12.6. The van der Waals surface area contributed by atoms with Crippen molar-refractivity contribution < 1.29 is 4.79 Å². The molecule has 3 rings (SSSR count). The number of nitrogens with zero attached hydrogens (tertiary/aromatic N) is 3. The van der Waals surface area contributed by atoms with Gasteiger partial charge in [-0.3, -0.25) is 9.59 Å². The van der Waals surface area contributed by atoms with E-state index in [0.29, 0.717) is 18.2 Å². The number of benzene rings is 1. The molecule has 0 radical (unpaired) electrons. The molecule has 1 amide bonds. The van der Waals surface area contributed by atoms with Crippen LogP contribution in [0.4, 0.5) is 0 Å². The van der Waals surface area contributed by atoms with Crippen LogP contribution >= 0.6 is 0 Å². The minimum absolute atomic E-state index is 0.0782. The smallest absolute Gasteiger partial charge is 0.274 e. The summed E-state index contributed by atoms with van der Waals surface area (Å²) in [6.45, 7) is 3.97. The van der Waals surface area contributed by atoms with Gasteiger partial charge in [0.15, 0.2) is 0 Å². The van der Waals surface area contributed by atoms with Gasteiger partial charge in [0, 0.05) is 19.2 Å². The van der Waals surface area contributed by atoms with E-state index in [1.807, 2.05) is 35.2 Å². The zero-order chi connectivity index (χ0) is 16.9. The van der Waals surface area contributed by atoms with Gasteiger partial charge in [-0.1, -0.05) is 37.3 Å². The molecule has 1 heterocycles. The molecule has 0 N–H and O–H groups in total. The van der Waals surface area contributed by atoms with Crippen molar-refractivity contribution in [1.29, 1.82) is 0 Å². The third-order valence-corrected chi connectivity index (χ3v) is 4.22. The highest BCUT2D eigenvalue weighted by Crippen LogP contribution is 2.30. The van der Waals surface area contributed by atoms with Crippen LogP contribution in [0.15, 0.2) is 47.3 Å². The maximum atomic E-state index is 12.8. The van der Waals surface area contributed by atoms with Crippen LogP contribution in [0.1, 0.15) is 42.2 Å². The quantitative estimate of drug-likeness (QED) is 0.786. The average molecular weight is 325 g/mol. The van der Waals surface area contributed by atoms with E-state index in [1.165, 1.54) is 23.6 Å². The number of aromatic nitrogens is 2. The second-order valence-electron chi connectivity index (χ2n) is 6.39. The Labute approximate surface area is 141 Å². The Bertz CT molecular complexity index is 751. The van der Waals surface area contributed by atoms with Crippen molar-refractivity contribution in [1.82, 2.24) is 14.7 Å². The lowest BCUT2D eigenvalue weighted by Gasteiger charge is -2.21. The minimum Gasteiger partial charge on any atom is -0.337 e. The molecule has 5 nitrogen and oxygen atoms in total. The van der Waals surface area contributed by atoms with E-state index in [-0.39, 0.29) is 11.5 Å². The van der Waals surface area contributed by atoms with E-state index in [4.69, 9.17) is 0 Å². The lowest BCUT2D eigenvalue weighted by atomic mass is 10.2. The second kappa shape index (κ2) is 7.43. The summed E-state index contributed by atoms with van der Waals surface area (Å²) in [5.41, 5.74) is 1.14. The molecule has 0 unspecified atom stereocenters. The van der Waals surface area contributed by atoms with Crippen molar-refractivity contribution in [3.05, 3.63) is 64.1 Å². The molecule has 0 bridgehead atoms. The Kier molecular flexibility index (Phi) is 5.08. The second-order valence-corrected chi connectivity index (χ2v) is 6.39. The van der Waals surface area contributed by atoms with Crippen LogP contribution in [0.2, 0.25) is 0 Å². The Hall–Kier alpha value is -2.43. The van der Waals surface area contributed by atoms with Gasteiger partial charge in [-0.15, -0.1) is 0 Å². The van der Waals surface area contributed by atoms with Gasteiger partial charge in [0.25, 0.3) is 11.5 Å². The normalized spacial score (nSPS) is 13.7. The molecule has 5 heteroatoms. The van der Waals surface area contributed by atoms with Crippen molar-refractivity contribution >= 4 is 5.91 Å². The molecule has 1 aliphatic rings. The molecular weight excluding hydrogens is 302 g/mol. The van der Waals surface area contributed by atoms with E-state index < -0.39 is 0 Å². The van der Waals surface area contributed by atoms with Crippen LogP contribution in [0.25, 0.3) is 0 Å². The summed E-state index contributed by atoms with van der Waals surface area (Å²) in [4.78, 5) is 26.7. The van der Waals surface area contributed by atoms with Gasteiger partial charge in [-0.25, -0.2) is 4.68 Å². The first-order valence-corrected chi connectivity index (χ1v) is 8.58. The summed E-state index contributed by atoms with van der Waals surface area (Å²) in [5.74, 6) is 0.557. The van der Waals surface area contributed by atoms with E-state index in [1.54, 1.807) is 6.07 Å². The fourth-order valence-electron chi connectivity index (χ4n) is 2.75. The first-order valence-electron chi connectivity index (χ1n) is 8.58. The molecule has 1 aromatic heterocycles. The Morgan fingerprint density at radius 1 is 1.21 bits per heavy atom. The molecule has 1 aromatic carbocycles. The minimum atomic E-state index is -0.195. The van der Waals surface area contributed by atoms with Crippen molar-refractivity contribution in [2.75, 3.05) is 13.1 Å². The van der Waals surface area contributed by atoms with Crippen LogP contribution in [0.3, 0.4) is 0 Å². The lowest BCUT2D eigenvalue weighted by Crippen LogP contribution is -2.36. The average Bonchev–Trinajstić information content (AvgIpc) is 3.41. The van der Waals surface area contributed by atoms with Crippen LogP contribution in [-0.4, -0.2) is 33.7 Å². The number of carbonyl (C=O) groups excluding carboxylic acids is 1. The number of hydrogen-bond acceptors (Lipinski definition) is 3. The molecule has 1 fully saturated rings. The number of carbonyl (C=O) groups is 1. The van der Waals surface area contributed by atoms with E-state index in [9.17, 15) is 9.59 Å². The maximum Gasteiger partial charge on any atom is 0.274 e. The molecule has 24 heavy (non-hydrogen) atoms. The molecule has 0 atom stereocenters. The topological polar surface area (TPSA) is 55.2 Å². The number of amides is 1. The third-order valence-electron chi connectivity index (χ3n) is 4.22. The van der Waals surface area contributed by atoms with Gasteiger partial charge in [0.05, 0.1) is 6.54 Å². The number of hydrogen-bond donors (Lipinski definition) is 0. The van der Waals surface area contributed by atoms with E-state index >= 15 is 0 Å². The van der Waals surface area contributed by atoms with Gasteiger partial charge in [-0.2, -0.15) is 5.10 Å². The highest BCUT2D eigenvalue weighted by molar-refractivity contribution is 5.92. The molecule has 1 aliphatic carbocycles. The van der Waals surface area contributed by atoms with Crippen molar-refractivity contribution in [2.24, 2.45) is 5.92 Å². The summed E-state index contributed by atoms with van der Waals surface area (Å²) in [6.07, 6.45) is 3.32. The van der Waals surface area contributed by atoms with Gasteiger partial charge >= 0.3 is 0 Å². The monoisotopic (exact) mass is 325 g/mol. The van der Waals surface area contributed by atoms with Crippen LogP contribution in [0.5, 0.6) is 0 Å². The van der Waals surface area contributed by atoms with Gasteiger partial charge < -0.3 is 4.90 Å². The largest absolute Gasteiger partial charge is 0.337 e. The predicted octanol–water partition coefficient (Wildman–Crippen LogP) is 2.55. The number of rotatable bonds is 7. The van der Waals surface area contributed by atoms with Crippen LogP contribution < -0.4 is 5.56 Å². The Balaban J connectivity index is 1.80. The van der Waals surface area contributed by atoms with Gasteiger partial charge in [0.1, 0.15) is 5.69 Å². The lowest BCUT2D eigenvalue weighted by molar-refractivity contribution is 0.0739. The third kappa shape index (κ3) is 4.10.